The van der Waals surface area contributed by atoms with Crippen LogP contribution in [-0.4, -0.2) is 29.6 Å². The fourth-order valence-corrected chi connectivity index (χ4v) is 3.21. The van der Waals surface area contributed by atoms with Gasteiger partial charge in [-0.3, -0.25) is 10.1 Å². The summed E-state index contributed by atoms with van der Waals surface area (Å²) in [6.07, 6.45) is 5.99. The number of nitrogens with one attached hydrogen (secondary N) is 1. The molecule has 1 aromatic rings. The molecule has 3 nitrogen and oxygen atoms in total. The number of hydrogen-bond acceptors (Lipinski definition) is 2. The van der Waals surface area contributed by atoms with Crippen LogP contribution in [-0.2, 0) is 11.2 Å². The summed E-state index contributed by atoms with van der Waals surface area (Å²) in [4.78, 5) is 14.5. The SMILES string of the molecule is CC1NC(CCc2ccccc2)C(=O)N1CC1CCC1. The van der Waals surface area contributed by atoms with Crippen molar-refractivity contribution in [2.45, 2.75) is 51.2 Å². The third-order valence-electron chi connectivity index (χ3n) is 4.74. The molecule has 1 amide bonds. The van der Waals surface area contributed by atoms with Gasteiger partial charge in [0.15, 0.2) is 0 Å². The Hall–Kier alpha value is -1.35. The molecule has 0 spiro atoms. The average Bonchev–Trinajstić information content (AvgIpc) is 2.68. The molecule has 3 rings (SSSR count). The van der Waals surface area contributed by atoms with E-state index in [4.69, 9.17) is 0 Å². The van der Waals surface area contributed by atoms with Crippen LogP contribution >= 0.6 is 0 Å². The van der Waals surface area contributed by atoms with Gasteiger partial charge in [0.1, 0.15) is 0 Å². The third kappa shape index (κ3) is 2.88. The molecule has 1 aromatic carbocycles. The van der Waals surface area contributed by atoms with E-state index in [1.54, 1.807) is 0 Å². The summed E-state index contributed by atoms with van der Waals surface area (Å²) in [5.74, 6) is 1.05. The Labute approximate surface area is 121 Å². The molecule has 1 saturated heterocycles. The summed E-state index contributed by atoms with van der Waals surface area (Å²) in [7, 11) is 0. The fourth-order valence-electron chi connectivity index (χ4n) is 3.21. The van der Waals surface area contributed by atoms with Gasteiger partial charge in [-0.15, -0.1) is 0 Å². The van der Waals surface area contributed by atoms with Crippen LogP contribution in [0, 0.1) is 5.92 Å². The summed E-state index contributed by atoms with van der Waals surface area (Å²) >= 11 is 0. The highest BCUT2D eigenvalue weighted by Crippen LogP contribution is 2.29. The second-order valence-corrected chi connectivity index (χ2v) is 6.21. The predicted octanol–water partition coefficient (Wildman–Crippen LogP) is 2.57. The first-order valence-corrected chi connectivity index (χ1v) is 7.84. The maximum absolute atomic E-state index is 12.5. The molecule has 2 atom stereocenters. The highest BCUT2D eigenvalue weighted by atomic mass is 16.2. The lowest BCUT2D eigenvalue weighted by Crippen LogP contribution is -2.40. The zero-order valence-electron chi connectivity index (χ0n) is 12.2. The van der Waals surface area contributed by atoms with E-state index in [-0.39, 0.29) is 12.2 Å². The van der Waals surface area contributed by atoms with Gasteiger partial charge in [0.2, 0.25) is 5.91 Å². The molecule has 20 heavy (non-hydrogen) atoms. The van der Waals surface area contributed by atoms with Gasteiger partial charge in [-0.25, -0.2) is 0 Å². The van der Waals surface area contributed by atoms with Crippen molar-refractivity contribution in [2.24, 2.45) is 5.92 Å². The highest BCUT2D eigenvalue weighted by Gasteiger charge is 2.37. The van der Waals surface area contributed by atoms with E-state index in [1.807, 2.05) is 6.07 Å². The standard InChI is InChI=1S/C17H24N2O/c1-13-18-16(11-10-14-6-3-2-4-7-14)17(20)19(13)12-15-8-5-9-15/h2-4,6-7,13,15-16,18H,5,8-12H2,1H3. The van der Waals surface area contributed by atoms with Gasteiger partial charge in [-0.05, 0) is 44.1 Å². The first-order chi connectivity index (χ1) is 9.74. The van der Waals surface area contributed by atoms with Crippen LogP contribution in [0.4, 0.5) is 0 Å². The first-order valence-electron chi connectivity index (χ1n) is 7.84. The summed E-state index contributed by atoms with van der Waals surface area (Å²) in [6, 6.07) is 10.4. The van der Waals surface area contributed by atoms with Crippen molar-refractivity contribution < 1.29 is 4.79 Å². The Morgan fingerprint density at radius 3 is 2.65 bits per heavy atom. The first kappa shape index (κ1) is 13.6. The Morgan fingerprint density at radius 1 is 1.25 bits per heavy atom. The summed E-state index contributed by atoms with van der Waals surface area (Å²) < 4.78 is 0. The monoisotopic (exact) mass is 272 g/mol. The zero-order valence-corrected chi connectivity index (χ0v) is 12.2. The molecule has 1 saturated carbocycles. The number of benzene rings is 1. The quantitative estimate of drug-likeness (QED) is 0.893. The van der Waals surface area contributed by atoms with Crippen molar-refractivity contribution in [2.75, 3.05) is 6.54 Å². The summed E-state index contributed by atoms with van der Waals surface area (Å²) in [5.41, 5.74) is 1.31. The van der Waals surface area contributed by atoms with E-state index in [9.17, 15) is 4.79 Å². The topological polar surface area (TPSA) is 32.3 Å². The molecule has 3 heteroatoms. The van der Waals surface area contributed by atoms with E-state index in [0.29, 0.717) is 5.91 Å². The van der Waals surface area contributed by atoms with Gasteiger partial charge in [0, 0.05) is 6.54 Å². The molecule has 0 radical (unpaired) electrons. The van der Waals surface area contributed by atoms with Crippen LogP contribution in [0.2, 0.25) is 0 Å². The lowest BCUT2D eigenvalue weighted by atomic mass is 9.85. The Bertz CT molecular complexity index is 455. The highest BCUT2D eigenvalue weighted by molar-refractivity contribution is 5.84. The lowest BCUT2D eigenvalue weighted by molar-refractivity contribution is -0.130. The molecule has 0 aromatic heterocycles. The molecule has 1 heterocycles. The Kier molecular flexibility index (Phi) is 4.06. The second kappa shape index (κ2) is 5.96. The Morgan fingerprint density at radius 2 is 2.00 bits per heavy atom. The van der Waals surface area contributed by atoms with Gasteiger partial charge in [0.05, 0.1) is 12.2 Å². The minimum absolute atomic E-state index is 0.00489. The van der Waals surface area contributed by atoms with Crippen LogP contribution in [0.3, 0.4) is 0 Å². The van der Waals surface area contributed by atoms with Crippen molar-refractivity contribution in [3.05, 3.63) is 35.9 Å². The molecule has 108 valence electrons. The molecule has 2 fully saturated rings. The predicted molar refractivity (Wildman–Crippen MR) is 80.2 cm³/mol. The number of nitrogens with zero attached hydrogens (tertiary/aromatic N) is 1. The number of hydrogen-bond donors (Lipinski definition) is 1. The maximum Gasteiger partial charge on any atom is 0.241 e. The van der Waals surface area contributed by atoms with Crippen LogP contribution < -0.4 is 5.32 Å². The molecular formula is C17H24N2O. The molecule has 2 unspecified atom stereocenters. The number of carbonyl (C=O) groups excluding carboxylic acids is 1. The van der Waals surface area contributed by atoms with E-state index in [0.717, 1.165) is 25.3 Å². The van der Waals surface area contributed by atoms with E-state index >= 15 is 0 Å². The van der Waals surface area contributed by atoms with E-state index < -0.39 is 0 Å². The largest absolute Gasteiger partial charge is 0.326 e. The van der Waals surface area contributed by atoms with Crippen molar-refractivity contribution in [1.82, 2.24) is 10.2 Å². The van der Waals surface area contributed by atoms with Crippen LogP contribution in [0.1, 0.15) is 38.2 Å². The van der Waals surface area contributed by atoms with Gasteiger partial charge in [-0.2, -0.15) is 0 Å². The molecule has 1 aliphatic carbocycles. The zero-order chi connectivity index (χ0) is 13.9. The van der Waals surface area contributed by atoms with Gasteiger partial charge in [0.25, 0.3) is 0 Å². The van der Waals surface area contributed by atoms with Crippen LogP contribution in [0.25, 0.3) is 0 Å². The normalized spacial score (nSPS) is 26.9. The van der Waals surface area contributed by atoms with E-state index in [1.165, 1.54) is 24.8 Å². The number of carbonyl (C=O) groups is 1. The lowest BCUT2D eigenvalue weighted by Gasteiger charge is -2.31. The average molecular weight is 272 g/mol. The van der Waals surface area contributed by atoms with Crippen molar-refractivity contribution in [3.8, 4) is 0 Å². The summed E-state index contributed by atoms with van der Waals surface area (Å²) in [6.45, 7) is 3.06. The van der Waals surface area contributed by atoms with Crippen LogP contribution in [0.15, 0.2) is 30.3 Å². The minimum Gasteiger partial charge on any atom is -0.326 e. The van der Waals surface area contributed by atoms with Crippen molar-refractivity contribution >= 4 is 5.91 Å². The van der Waals surface area contributed by atoms with E-state index in [2.05, 4.69) is 41.4 Å². The number of rotatable bonds is 5. The molecule has 0 bridgehead atoms. The van der Waals surface area contributed by atoms with Gasteiger partial charge < -0.3 is 4.90 Å². The second-order valence-electron chi connectivity index (χ2n) is 6.21. The van der Waals surface area contributed by atoms with Gasteiger partial charge in [-0.1, -0.05) is 36.8 Å². The molecule has 1 N–H and O–H groups in total. The fraction of sp³-hybridized carbons (Fsp3) is 0.588. The van der Waals surface area contributed by atoms with Crippen molar-refractivity contribution in [1.29, 1.82) is 0 Å². The molecular weight excluding hydrogens is 248 g/mol. The molecule has 1 aliphatic heterocycles. The van der Waals surface area contributed by atoms with Crippen LogP contribution in [0.5, 0.6) is 0 Å². The number of aryl methyl sites for hydroxylation is 1. The maximum atomic E-state index is 12.5. The Balaban J connectivity index is 1.54. The smallest absolute Gasteiger partial charge is 0.241 e. The number of amides is 1. The summed E-state index contributed by atoms with van der Waals surface area (Å²) in [5, 5.41) is 3.45. The van der Waals surface area contributed by atoms with Gasteiger partial charge >= 0.3 is 0 Å². The van der Waals surface area contributed by atoms with Crippen molar-refractivity contribution in [3.63, 3.8) is 0 Å². The molecule has 2 aliphatic rings. The third-order valence-corrected chi connectivity index (χ3v) is 4.74. The minimum atomic E-state index is 0.00489.